The fourth-order valence-electron chi connectivity index (χ4n) is 2.42. The molecule has 20 heavy (non-hydrogen) atoms. The summed E-state index contributed by atoms with van der Waals surface area (Å²) in [5.74, 6) is 0.366. The quantitative estimate of drug-likeness (QED) is 0.895. The van der Waals surface area contributed by atoms with Crippen LogP contribution in [-0.2, 0) is 0 Å². The first-order chi connectivity index (χ1) is 9.45. The molecule has 0 aliphatic heterocycles. The van der Waals surface area contributed by atoms with Crippen LogP contribution in [0.3, 0.4) is 0 Å². The van der Waals surface area contributed by atoms with Crippen molar-refractivity contribution in [1.82, 2.24) is 5.32 Å². The predicted molar refractivity (Wildman–Crippen MR) is 87.4 cm³/mol. The van der Waals surface area contributed by atoms with Crippen LogP contribution in [0.25, 0.3) is 10.1 Å². The van der Waals surface area contributed by atoms with E-state index in [2.05, 4.69) is 26.1 Å². The van der Waals surface area contributed by atoms with Gasteiger partial charge in [-0.1, -0.05) is 39.0 Å². The Hall–Kier alpha value is -1.55. The van der Waals surface area contributed by atoms with Gasteiger partial charge in [-0.3, -0.25) is 4.79 Å². The minimum atomic E-state index is -0.0522. The number of nitrogens with one attached hydrogen (secondary N) is 1. The summed E-state index contributed by atoms with van der Waals surface area (Å²) in [4.78, 5) is 13.1. The number of aryl methyl sites for hydroxylation is 1. The Balaban J connectivity index is 2.36. The van der Waals surface area contributed by atoms with Crippen LogP contribution in [0, 0.1) is 12.8 Å². The number of nitrogen functional groups attached to an aromatic ring is 1. The molecule has 1 aromatic heterocycles. The zero-order valence-electron chi connectivity index (χ0n) is 12.5. The van der Waals surface area contributed by atoms with E-state index >= 15 is 0 Å². The Morgan fingerprint density at radius 2 is 2.10 bits per heavy atom. The zero-order chi connectivity index (χ0) is 14.9. The lowest BCUT2D eigenvalue weighted by atomic mass is 10.0. The molecule has 0 fully saturated rings. The highest BCUT2D eigenvalue weighted by atomic mass is 32.1. The number of fused-ring (bicyclic) bond motifs is 1. The van der Waals surface area contributed by atoms with E-state index in [1.807, 2.05) is 25.1 Å². The van der Waals surface area contributed by atoms with Gasteiger partial charge in [0, 0.05) is 16.1 Å². The van der Waals surface area contributed by atoms with Crippen molar-refractivity contribution in [1.29, 1.82) is 0 Å². The van der Waals surface area contributed by atoms with Crippen LogP contribution in [0.1, 0.15) is 42.4 Å². The molecular formula is C16H22N2OS. The maximum atomic E-state index is 12.4. The van der Waals surface area contributed by atoms with Gasteiger partial charge in [0.2, 0.25) is 0 Å². The van der Waals surface area contributed by atoms with Crippen LogP contribution in [0.4, 0.5) is 5.69 Å². The Morgan fingerprint density at radius 1 is 1.40 bits per heavy atom. The standard InChI is InChI=1S/C16H22N2OS/c1-5-12(9(2)3)18-16(19)15-13(17)11-8-6-7-10(4)14(11)20-15/h6-9,12H,5,17H2,1-4H3,(H,18,19). The first-order valence-electron chi connectivity index (χ1n) is 7.04. The maximum absolute atomic E-state index is 12.4. The van der Waals surface area contributed by atoms with E-state index < -0.39 is 0 Å². The molecule has 0 bridgehead atoms. The first-order valence-corrected chi connectivity index (χ1v) is 7.85. The Bertz CT molecular complexity index is 631. The number of carbonyl (C=O) groups excluding carboxylic acids is 1. The average Bonchev–Trinajstić information content (AvgIpc) is 2.75. The highest BCUT2D eigenvalue weighted by Crippen LogP contribution is 2.35. The molecular weight excluding hydrogens is 268 g/mol. The smallest absolute Gasteiger partial charge is 0.263 e. The number of rotatable bonds is 4. The summed E-state index contributed by atoms with van der Waals surface area (Å²) in [5.41, 5.74) is 7.91. The topological polar surface area (TPSA) is 55.1 Å². The van der Waals surface area contributed by atoms with Crippen LogP contribution < -0.4 is 11.1 Å². The molecule has 0 saturated heterocycles. The van der Waals surface area contributed by atoms with Gasteiger partial charge in [0.15, 0.2) is 0 Å². The molecule has 1 unspecified atom stereocenters. The molecule has 0 aliphatic rings. The molecule has 0 aliphatic carbocycles. The van der Waals surface area contributed by atoms with Crippen molar-refractivity contribution >= 4 is 33.0 Å². The predicted octanol–water partition coefficient (Wildman–Crippen LogP) is 3.96. The summed E-state index contributed by atoms with van der Waals surface area (Å²) in [7, 11) is 0. The lowest BCUT2D eigenvalue weighted by Gasteiger charge is -2.20. The van der Waals surface area contributed by atoms with E-state index in [-0.39, 0.29) is 11.9 Å². The minimum Gasteiger partial charge on any atom is -0.397 e. The van der Waals surface area contributed by atoms with Crippen LogP contribution in [0.2, 0.25) is 0 Å². The van der Waals surface area contributed by atoms with Gasteiger partial charge < -0.3 is 11.1 Å². The first kappa shape index (κ1) is 14.9. The highest BCUT2D eigenvalue weighted by Gasteiger charge is 2.20. The monoisotopic (exact) mass is 290 g/mol. The molecule has 4 heteroatoms. The summed E-state index contributed by atoms with van der Waals surface area (Å²) in [6, 6.07) is 6.19. The van der Waals surface area contributed by atoms with Gasteiger partial charge in [-0.25, -0.2) is 0 Å². The van der Waals surface area contributed by atoms with Crippen LogP contribution >= 0.6 is 11.3 Å². The number of amides is 1. The molecule has 1 atom stereocenters. The van der Waals surface area contributed by atoms with Gasteiger partial charge in [-0.05, 0) is 24.8 Å². The van der Waals surface area contributed by atoms with E-state index in [0.29, 0.717) is 16.5 Å². The summed E-state index contributed by atoms with van der Waals surface area (Å²) < 4.78 is 1.10. The summed E-state index contributed by atoms with van der Waals surface area (Å²) >= 11 is 1.49. The second-order valence-corrected chi connectivity index (χ2v) is 6.55. The van der Waals surface area contributed by atoms with E-state index in [4.69, 9.17) is 5.73 Å². The molecule has 0 spiro atoms. The number of anilines is 1. The SMILES string of the molecule is CCC(NC(=O)c1sc2c(C)cccc2c1N)C(C)C. The van der Waals surface area contributed by atoms with Gasteiger partial charge >= 0.3 is 0 Å². The number of nitrogens with two attached hydrogens (primary N) is 1. The van der Waals surface area contributed by atoms with Crippen molar-refractivity contribution in [3.05, 3.63) is 28.6 Å². The Morgan fingerprint density at radius 3 is 2.65 bits per heavy atom. The second kappa shape index (κ2) is 5.83. The van der Waals surface area contributed by atoms with Gasteiger partial charge in [0.1, 0.15) is 4.88 Å². The van der Waals surface area contributed by atoms with E-state index in [0.717, 1.165) is 22.1 Å². The summed E-state index contributed by atoms with van der Waals surface area (Å²) in [6.07, 6.45) is 0.924. The van der Waals surface area contributed by atoms with Crippen LogP contribution in [0.5, 0.6) is 0 Å². The highest BCUT2D eigenvalue weighted by molar-refractivity contribution is 7.21. The third-order valence-corrected chi connectivity index (χ3v) is 5.07. The number of carbonyl (C=O) groups is 1. The largest absolute Gasteiger partial charge is 0.397 e. The second-order valence-electron chi connectivity index (χ2n) is 5.53. The number of benzene rings is 1. The normalized spacial score (nSPS) is 12.8. The Kier molecular flexibility index (Phi) is 4.33. The van der Waals surface area contributed by atoms with Gasteiger partial charge in [0.05, 0.1) is 5.69 Å². The lowest BCUT2D eigenvalue weighted by molar-refractivity contribution is 0.0929. The summed E-state index contributed by atoms with van der Waals surface area (Å²) in [5, 5.41) is 4.08. The van der Waals surface area contributed by atoms with Crippen molar-refractivity contribution in [3.8, 4) is 0 Å². The molecule has 2 rings (SSSR count). The van der Waals surface area contributed by atoms with Crippen molar-refractivity contribution in [2.75, 3.05) is 5.73 Å². The van der Waals surface area contributed by atoms with Crippen molar-refractivity contribution in [3.63, 3.8) is 0 Å². The minimum absolute atomic E-state index is 0.0522. The molecule has 3 N–H and O–H groups in total. The van der Waals surface area contributed by atoms with Gasteiger partial charge in [-0.15, -0.1) is 11.3 Å². The molecule has 1 heterocycles. The third-order valence-electron chi connectivity index (χ3n) is 3.72. The number of hydrogen-bond donors (Lipinski definition) is 2. The molecule has 2 aromatic rings. The Labute approximate surface area is 124 Å². The van der Waals surface area contributed by atoms with Crippen molar-refractivity contribution in [2.45, 2.75) is 40.2 Å². The zero-order valence-corrected chi connectivity index (χ0v) is 13.3. The molecule has 108 valence electrons. The van der Waals surface area contributed by atoms with E-state index in [1.54, 1.807) is 0 Å². The average molecular weight is 290 g/mol. The number of hydrogen-bond acceptors (Lipinski definition) is 3. The van der Waals surface area contributed by atoms with E-state index in [1.165, 1.54) is 11.3 Å². The third kappa shape index (κ3) is 2.66. The van der Waals surface area contributed by atoms with Gasteiger partial charge in [0.25, 0.3) is 5.91 Å². The molecule has 1 amide bonds. The van der Waals surface area contributed by atoms with E-state index in [9.17, 15) is 4.79 Å². The maximum Gasteiger partial charge on any atom is 0.263 e. The van der Waals surface area contributed by atoms with Crippen molar-refractivity contribution < 1.29 is 4.79 Å². The van der Waals surface area contributed by atoms with Crippen molar-refractivity contribution in [2.24, 2.45) is 5.92 Å². The molecule has 1 aromatic carbocycles. The van der Waals surface area contributed by atoms with Crippen LogP contribution in [0.15, 0.2) is 18.2 Å². The molecule has 0 radical (unpaired) electrons. The fourth-order valence-corrected chi connectivity index (χ4v) is 3.51. The fraction of sp³-hybridized carbons (Fsp3) is 0.438. The lowest BCUT2D eigenvalue weighted by Crippen LogP contribution is -2.37. The van der Waals surface area contributed by atoms with Gasteiger partial charge in [-0.2, -0.15) is 0 Å². The molecule has 3 nitrogen and oxygen atoms in total. The number of thiophene rings is 1. The van der Waals surface area contributed by atoms with Crippen LogP contribution in [-0.4, -0.2) is 11.9 Å². The molecule has 0 saturated carbocycles. The summed E-state index contributed by atoms with van der Waals surface area (Å²) in [6.45, 7) is 8.37.